The van der Waals surface area contributed by atoms with Crippen LogP contribution >= 0.6 is 11.8 Å². The van der Waals surface area contributed by atoms with Crippen molar-refractivity contribution >= 4 is 17.7 Å². The van der Waals surface area contributed by atoms with Crippen molar-refractivity contribution in [2.75, 3.05) is 19.8 Å². The lowest BCUT2D eigenvalue weighted by Crippen LogP contribution is -2.31. The first kappa shape index (κ1) is 16.1. The standard InChI is InChI=1S/C15H24N2OS/c1-12(2)16-10-9-15(18)17(3)11-13-5-7-14(19-4)8-6-13/h5-8,12,16H,9-11H2,1-4H3. The predicted octanol–water partition coefficient (Wildman–Crippen LogP) is 2.76. The van der Waals surface area contributed by atoms with Gasteiger partial charge in [-0.15, -0.1) is 11.8 Å². The fourth-order valence-electron chi connectivity index (χ4n) is 1.75. The number of benzene rings is 1. The summed E-state index contributed by atoms with van der Waals surface area (Å²) in [6.07, 6.45) is 2.62. The Bertz CT molecular complexity index is 390. The Morgan fingerprint density at radius 1 is 1.32 bits per heavy atom. The molecule has 0 radical (unpaired) electrons. The average molecular weight is 280 g/mol. The summed E-state index contributed by atoms with van der Waals surface area (Å²) in [6, 6.07) is 8.79. The quantitative estimate of drug-likeness (QED) is 0.780. The molecule has 0 unspecified atom stereocenters. The van der Waals surface area contributed by atoms with Gasteiger partial charge in [0.15, 0.2) is 0 Å². The van der Waals surface area contributed by atoms with Gasteiger partial charge in [-0.25, -0.2) is 0 Å². The molecule has 1 N–H and O–H groups in total. The van der Waals surface area contributed by atoms with Crippen LogP contribution in [0, 0.1) is 0 Å². The van der Waals surface area contributed by atoms with Crippen molar-refractivity contribution in [2.45, 2.75) is 37.8 Å². The molecule has 4 heteroatoms. The Hall–Kier alpha value is -1.00. The van der Waals surface area contributed by atoms with Crippen molar-refractivity contribution in [1.82, 2.24) is 10.2 Å². The fraction of sp³-hybridized carbons (Fsp3) is 0.533. The highest BCUT2D eigenvalue weighted by atomic mass is 32.2. The molecular weight excluding hydrogens is 256 g/mol. The van der Waals surface area contributed by atoms with E-state index < -0.39 is 0 Å². The summed E-state index contributed by atoms with van der Waals surface area (Å²) in [5.74, 6) is 0.182. The number of hydrogen-bond donors (Lipinski definition) is 1. The maximum atomic E-state index is 11.9. The Morgan fingerprint density at radius 3 is 2.47 bits per heavy atom. The van der Waals surface area contributed by atoms with Gasteiger partial charge in [0, 0.05) is 37.5 Å². The molecule has 1 aromatic rings. The topological polar surface area (TPSA) is 32.3 Å². The van der Waals surface area contributed by atoms with Crippen LogP contribution in [0.4, 0.5) is 0 Å². The molecule has 0 aromatic heterocycles. The van der Waals surface area contributed by atoms with Crippen LogP contribution < -0.4 is 5.32 Å². The van der Waals surface area contributed by atoms with Crippen LogP contribution in [0.1, 0.15) is 25.8 Å². The first-order valence-electron chi connectivity index (χ1n) is 6.63. The number of rotatable bonds is 7. The molecule has 0 spiro atoms. The van der Waals surface area contributed by atoms with Gasteiger partial charge in [0.05, 0.1) is 0 Å². The zero-order valence-electron chi connectivity index (χ0n) is 12.3. The van der Waals surface area contributed by atoms with Gasteiger partial charge in [-0.3, -0.25) is 4.79 Å². The van der Waals surface area contributed by atoms with E-state index in [1.807, 2.05) is 7.05 Å². The van der Waals surface area contributed by atoms with Crippen molar-refractivity contribution in [2.24, 2.45) is 0 Å². The monoisotopic (exact) mass is 280 g/mol. The van der Waals surface area contributed by atoms with E-state index in [9.17, 15) is 4.79 Å². The number of thioether (sulfide) groups is 1. The summed E-state index contributed by atoms with van der Waals surface area (Å²) >= 11 is 1.73. The molecule has 106 valence electrons. The van der Waals surface area contributed by atoms with Gasteiger partial charge < -0.3 is 10.2 Å². The Morgan fingerprint density at radius 2 is 1.95 bits per heavy atom. The van der Waals surface area contributed by atoms with Gasteiger partial charge in [-0.05, 0) is 24.0 Å². The third-order valence-electron chi connectivity index (χ3n) is 2.90. The molecule has 0 aliphatic carbocycles. The molecule has 0 aliphatic rings. The van der Waals surface area contributed by atoms with Gasteiger partial charge in [0.25, 0.3) is 0 Å². The molecule has 1 amide bonds. The molecule has 0 atom stereocenters. The SMILES string of the molecule is CSc1ccc(CN(C)C(=O)CCNC(C)C)cc1. The Kier molecular flexibility index (Phi) is 6.95. The molecule has 3 nitrogen and oxygen atoms in total. The normalized spacial score (nSPS) is 10.8. The molecule has 0 saturated heterocycles. The van der Waals surface area contributed by atoms with Crippen molar-refractivity contribution < 1.29 is 4.79 Å². The average Bonchev–Trinajstić information content (AvgIpc) is 2.39. The molecule has 0 fully saturated rings. The van der Waals surface area contributed by atoms with Crippen LogP contribution in [-0.2, 0) is 11.3 Å². The molecule has 0 aliphatic heterocycles. The summed E-state index contributed by atoms with van der Waals surface area (Å²) in [6.45, 7) is 5.59. The minimum Gasteiger partial charge on any atom is -0.341 e. The molecule has 1 rings (SSSR count). The van der Waals surface area contributed by atoms with Crippen LogP contribution in [-0.4, -0.2) is 36.7 Å². The summed E-state index contributed by atoms with van der Waals surface area (Å²) in [4.78, 5) is 15.0. The largest absolute Gasteiger partial charge is 0.341 e. The number of nitrogens with zero attached hydrogens (tertiary/aromatic N) is 1. The van der Waals surface area contributed by atoms with E-state index in [1.54, 1.807) is 16.7 Å². The lowest BCUT2D eigenvalue weighted by Gasteiger charge is -2.18. The fourth-order valence-corrected chi connectivity index (χ4v) is 2.16. The second-order valence-corrected chi connectivity index (χ2v) is 5.84. The maximum Gasteiger partial charge on any atom is 0.223 e. The number of nitrogens with one attached hydrogen (secondary N) is 1. The summed E-state index contributed by atoms with van der Waals surface area (Å²) in [5, 5.41) is 3.26. The lowest BCUT2D eigenvalue weighted by atomic mass is 10.2. The van der Waals surface area contributed by atoms with Crippen molar-refractivity contribution in [1.29, 1.82) is 0 Å². The molecular formula is C15H24N2OS. The van der Waals surface area contributed by atoms with Crippen LogP contribution in [0.2, 0.25) is 0 Å². The van der Waals surface area contributed by atoms with Gasteiger partial charge in [-0.1, -0.05) is 26.0 Å². The lowest BCUT2D eigenvalue weighted by molar-refractivity contribution is -0.130. The molecule has 1 aromatic carbocycles. The minimum absolute atomic E-state index is 0.182. The second kappa shape index (κ2) is 8.23. The second-order valence-electron chi connectivity index (χ2n) is 4.96. The Labute approximate surface area is 120 Å². The summed E-state index contributed by atoms with van der Waals surface area (Å²) in [5.41, 5.74) is 1.17. The van der Waals surface area contributed by atoms with Crippen molar-refractivity contribution in [3.05, 3.63) is 29.8 Å². The molecule has 19 heavy (non-hydrogen) atoms. The molecule has 0 heterocycles. The van der Waals surface area contributed by atoms with E-state index in [0.717, 1.165) is 6.54 Å². The van der Waals surface area contributed by atoms with Crippen LogP contribution in [0.3, 0.4) is 0 Å². The highest BCUT2D eigenvalue weighted by Gasteiger charge is 2.09. The van der Waals surface area contributed by atoms with Gasteiger partial charge >= 0.3 is 0 Å². The number of carbonyl (C=O) groups is 1. The first-order chi connectivity index (χ1) is 9.02. The predicted molar refractivity (Wildman–Crippen MR) is 82.5 cm³/mol. The number of hydrogen-bond acceptors (Lipinski definition) is 3. The van der Waals surface area contributed by atoms with Crippen molar-refractivity contribution in [3.8, 4) is 0 Å². The van der Waals surface area contributed by atoms with E-state index in [4.69, 9.17) is 0 Å². The van der Waals surface area contributed by atoms with Gasteiger partial charge in [0.1, 0.15) is 0 Å². The first-order valence-corrected chi connectivity index (χ1v) is 7.85. The van der Waals surface area contributed by atoms with Crippen molar-refractivity contribution in [3.63, 3.8) is 0 Å². The van der Waals surface area contributed by atoms with E-state index in [1.165, 1.54) is 10.5 Å². The number of carbonyl (C=O) groups excluding carboxylic acids is 1. The zero-order chi connectivity index (χ0) is 14.3. The highest BCUT2D eigenvalue weighted by Crippen LogP contribution is 2.15. The maximum absolute atomic E-state index is 11.9. The molecule has 0 saturated carbocycles. The summed E-state index contributed by atoms with van der Waals surface area (Å²) < 4.78 is 0. The molecule has 0 bridgehead atoms. The van der Waals surface area contributed by atoms with E-state index in [2.05, 4.69) is 49.7 Å². The van der Waals surface area contributed by atoms with Crippen LogP contribution in [0.5, 0.6) is 0 Å². The Balaban J connectivity index is 2.40. The third-order valence-corrected chi connectivity index (χ3v) is 3.64. The van der Waals surface area contributed by atoms with Gasteiger partial charge in [-0.2, -0.15) is 0 Å². The smallest absolute Gasteiger partial charge is 0.223 e. The highest BCUT2D eigenvalue weighted by molar-refractivity contribution is 7.98. The van der Waals surface area contributed by atoms with Gasteiger partial charge in [0.2, 0.25) is 5.91 Å². The zero-order valence-corrected chi connectivity index (χ0v) is 13.1. The third kappa shape index (κ3) is 6.12. The van der Waals surface area contributed by atoms with Crippen LogP contribution in [0.15, 0.2) is 29.2 Å². The van der Waals surface area contributed by atoms with Crippen LogP contribution in [0.25, 0.3) is 0 Å². The number of amides is 1. The van der Waals surface area contributed by atoms with E-state index in [0.29, 0.717) is 19.0 Å². The summed E-state index contributed by atoms with van der Waals surface area (Å²) in [7, 11) is 1.86. The minimum atomic E-state index is 0.182. The van der Waals surface area contributed by atoms with E-state index in [-0.39, 0.29) is 5.91 Å². The van der Waals surface area contributed by atoms with E-state index >= 15 is 0 Å².